The second-order valence-corrected chi connectivity index (χ2v) is 2.88. The molecule has 0 aromatic carbocycles. The first-order valence-corrected chi connectivity index (χ1v) is 4.01. The van der Waals surface area contributed by atoms with E-state index in [9.17, 15) is 10.2 Å². The molecule has 13 heavy (non-hydrogen) atoms. The van der Waals surface area contributed by atoms with Crippen LogP contribution in [0.4, 0.5) is 0 Å². The summed E-state index contributed by atoms with van der Waals surface area (Å²) in [5.41, 5.74) is 0. The Bertz CT molecular complexity index is 152. The summed E-state index contributed by atoms with van der Waals surface area (Å²) in [6.07, 6.45) is -3.95. The van der Waals surface area contributed by atoms with E-state index in [-0.39, 0.29) is 13.4 Å². The van der Waals surface area contributed by atoms with Gasteiger partial charge in [-0.05, 0) is 0 Å². The van der Waals surface area contributed by atoms with Crippen LogP contribution in [0.15, 0.2) is 0 Å². The van der Waals surface area contributed by atoms with Crippen LogP contribution in [-0.2, 0) is 9.47 Å². The average Bonchev–Trinajstić information content (AvgIpc) is 2.17. The molecule has 1 heterocycles. The quantitative estimate of drug-likeness (QED) is 0.394. The Morgan fingerprint density at radius 2 is 2.00 bits per heavy atom. The van der Waals surface area contributed by atoms with Crippen molar-refractivity contribution in [2.75, 3.05) is 20.0 Å². The molecular formula is C7H14O6. The van der Waals surface area contributed by atoms with Gasteiger partial charge in [0.1, 0.15) is 31.2 Å². The molecule has 78 valence electrons. The van der Waals surface area contributed by atoms with E-state index in [4.69, 9.17) is 19.7 Å². The Balaban J connectivity index is 2.54. The van der Waals surface area contributed by atoms with E-state index >= 15 is 0 Å². The van der Waals surface area contributed by atoms with Crippen LogP contribution in [0.25, 0.3) is 0 Å². The fourth-order valence-corrected chi connectivity index (χ4v) is 1.22. The number of aliphatic hydroxyl groups excluding tert-OH is 4. The SMILES string of the molecule is OCC(O)C1OCO[C@@H](CO)C1O. The molecule has 1 aliphatic heterocycles. The fraction of sp³-hybridized carbons (Fsp3) is 1.00. The van der Waals surface area contributed by atoms with Crippen molar-refractivity contribution in [1.82, 2.24) is 0 Å². The van der Waals surface area contributed by atoms with Crippen LogP contribution in [0.3, 0.4) is 0 Å². The van der Waals surface area contributed by atoms with Crippen LogP contribution in [0.1, 0.15) is 0 Å². The van der Waals surface area contributed by atoms with E-state index in [0.717, 1.165) is 0 Å². The van der Waals surface area contributed by atoms with Gasteiger partial charge in [0.25, 0.3) is 0 Å². The highest BCUT2D eigenvalue weighted by Crippen LogP contribution is 2.16. The smallest absolute Gasteiger partial charge is 0.147 e. The van der Waals surface area contributed by atoms with Gasteiger partial charge in [-0.25, -0.2) is 0 Å². The maximum atomic E-state index is 9.45. The standard InChI is InChI=1S/C7H14O6/c8-1-4(10)7-6(11)5(2-9)12-3-13-7/h4-11H,1-3H2/t4?,5-,6?,7?/m0/s1. The van der Waals surface area contributed by atoms with Crippen LogP contribution in [0.5, 0.6) is 0 Å². The predicted molar refractivity (Wildman–Crippen MR) is 40.8 cm³/mol. The molecule has 0 aliphatic carbocycles. The summed E-state index contributed by atoms with van der Waals surface area (Å²) in [6, 6.07) is 0. The molecule has 6 heteroatoms. The molecule has 6 nitrogen and oxygen atoms in total. The largest absolute Gasteiger partial charge is 0.394 e. The molecule has 0 bridgehead atoms. The molecule has 0 aromatic heterocycles. The van der Waals surface area contributed by atoms with Crippen LogP contribution >= 0.6 is 0 Å². The van der Waals surface area contributed by atoms with Crippen LogP contribution in [0.2, 0.25) is 0 Å². The Morgan fingerprint density at radius 1 is 1.31 bits per heavy atom. The molecule has 1 aliphatic rings. The third kappa shape index (κ3) is 2.37. The lowest BCUT2D eigenvalue weighted by atomic mass is 10.0. The summed E-state index contributed by atoms with van der Waals surface area (Å²) >= 11 is 0. The van der Waals surface area contributed by atoms with Crippen LogP contribution in [0, 0.1) is 0 Å². The third-order valence-electron chi connectivity index (χ3n) is 2.01. The van der Waals surface area contributed by atoms with Crippen molar-refractivity contribution in [2.24, 2.45) is 0 Å². The molecule has 4 atom stereocenters. The second-order valence-electron chi connectivity index (χ2n) is 2.88. The normalized spacial score (nSPS) is 37.4. The van der Waals surface area contributed by atoms with Crippen molar-refractivity contribution in [2.45, 2.75) is 24.4 Å². The highest BCUT2D eigenvalue weighted by atomic mass is 16.7. The molecule has 1 saturated heterocycles. The van der Waals surface area contributed by atoms with Crippen molar-refractivity contribution in [1.29, 1.82) is 0 Å². The molecule has 0 saturated carbocycles. The lowest BCUT2D eigenvalue weighted by molar-refractivity contribution is -0.259. The summed E-state index contributed by atoms with van der Waals surface area (Å²) in [6.45, 7) is -0.955. The number of ether oxygens (including phenoxy) is 2. The highest BCUT2D eigenvalue weighted by Gasteiger charge is 2.37. The summed E-state index contributed by atoms with van der Waals surface area (Å²) in [5.74, 6) is 0. The van der Waals surface area contributed by atoms with E-state index in [1.807, 2.05) is 0 Å². The minimum Gasteiger partial charge on any atom is -0.394 e. The zero-order valence-corrected chi connectivity index (χ0v) is 7.04. The lowest BCUT2D eigenvalue weighted by Gasteiger charge is -2.35. The fourth-order valence-electron chi connectivity index (χ4n) is 1.22. The Labute approximate surface area is 75.3 Å². The molecule has 0 spiro atoms. The zero-order valence-electron chi connectivity index (χ0n) is 7.04. The van der Waals surface area contributed by atoms with Crippen LogP contribution < -0.4 is 0 Å². The summed E-state index contributed by atoms with van der Waals surface area (Å²) in [4.78, 5) is 0. The number of hydrogen-bond acceptors (Lipinski definition) is 6. The van der Waals surface area contributed by atoms with Crippen molar-refractivity contribution < 1.29 is 29.9 Å². The maximum absolute atomic E-state index is 9.45. The minimum absolute atomic E-state index is 0.107. The molecular weight excluding hydrogens is 180 g/mol. The van der Waals surface area contributed by atoms with E-state index in [2.05, 4.69) is 0 Å². The lowest BCUT2D eigenvalue weighted by Crippen LogP contribution is -2.53. The monoisotopic (exact) mass is 194 g/mol. The van der Waals surface area contributed by atoms with E-state index in [1.54, 1.807) is 0 Å². The summed E-state index contributed by atoms with van der Waals surface area (Å²) in [7, 11) is 0. The first kappa shape index (κ1) is 10.8. The molecule has 1 fully saturated rings. The maximum Gasteiger partial charge on any atom is 0.147 e. The van der Waals surface area contributed by atoms with Crippen molar-refractivity contribution >= 4 is 0 Å². The van der Waals surface area contributed by atoms with Crippen LogP contribution in [-0.4, -0.2) is 64.8 Å². The molecule has 1 rings (SSSR count). The van der Waals surface area contributed by atoms with Gasteiger partial charge in [0.2, 0.25) is 0 Å². The van der Waals surface area contributed by atoms with Crippen molar-refractivity contribution in [3.63, 3.8) is 0 Å². The molecule has 4 N–H and O–H groups in total. The van der Waals surface area contributed by atoms with Crippen molar-refractivity contribution in [3.8, 4) is 0 Å². The first-order chi connectivity index (χ1) is 6.20. The van der Waals surface area contributed by atoms with Gasteiger partial charge in [0, 0.05) is 0 Å². The van der Waals surface area contributed by atoms with E-state index in [1.165, 1.54) is 0 Å². The van der Waals surface area contributed by atoms with Gasteiger partial charge in [0.05, 0.1) is 13.2 Å². The van der Waals surface area contributed by atoms with Gasteiger partial charge < -0.3 is 29.9 Å². The molecule has 0 amide bonds. The summed E-state index contributed by atoms with van der Waals surface area (Å²) < 4.78 is 9.73. The topological polar surface area (TPSA) is 99.4 Å². The molecule has 3 unspecified atom stereocenters. The number of rotatable bonds is 3. The van der Waals surface area contributed by atoms with Gasteiger partial charge in [0.15, 0.2) is 0 Å². The van der Waals surface area contributed by atoms with Gasteiger partial charge >= 0.3 is 0 Å². The van der Waals surface area contributed by atoms with Gasteiger partial charge in [-0.3, -0.25) is 0 Å². The van der Waals surface area contributed by atoms with Gasteiger partial charge in [-0.15, -0.1) is 0 Å². The summed E-state index contributed by atoms with van der Waals surface area (Å²) in [5, 5.41) is 36.0. The number of aliphatic hydroxyl groups is 4. The third-order valence-corrected chi connectivity index (χ3v) is 2.01. The Morgan fingerprint density at radius 3 is 2.54 bits per heavy atom. The average molecular weight is 194 g/mol. The van der Waals surface area contributed by atoms with E-state index in [0.29, 0.717) is 0 Å². The van der Waals surface area contributed by atoms with Gasteiger partial charge in [-0.2, -0.15) is 0 Å². The zero-order chi connectivity index (χ0) is 9.84. The minimum atomic E-state index is -1.16. The number of hydrogen-bond donors (Lipinski definition) is 4. The predicted octanol–water partition coefficient (Wildman–Crippen LogP) is -2.57. The van der Waals surface area contributed by atoms with Crippen molar-refractivity contribution in [3.05, 3.63) is 0 Å². The van der Waals surface area contributed by atoms with Gasteiger partial charge in [-0.1, -0.05) is 0 Å². The van der Waals surface area contributed by atoms with E-state index < -0.39 is 31.0 Å². The Hall–Kier alpha value is -0.240. The molecule has 0 radical (unpaired) electrons. The first-order valence-electron chi connectivity index (χ1n) is 4.01. The highest BCUT2D eigenvalue weighted by molar-refractivity contribution is 4.84. The molecule has 0 aromatic rings. The second kappa shape index (κ2) is 4.85. The Kier molecular flexibility index (Phi) is 4.04.